The van der Waals surface area contributed by atoms with E-state index in [2.05, 4.69) is 10.3 Å². The number of aromatic nitrogens is 1. The first-order valence-corrected chi connectivity index (χ1v) is 5.25. The van der Waals surface area contributed by atoms with Crippen LogP contribution in [-0.2, 0) is 0 Å². The van der Waals surface area contributed by atoms with E-state index in [0.717, 1.165) is 19.6 Å². The molecule has 2 aliphatic rings. The molecule has 2 unspecified atom stereocenters. The fourth-order valence-electron chi connectivity index (χ4n) is 2.46. The molecule has 5 nitrogen and oxygen atoms in total. The smallest absolute Gasteiger partial charge is 0.309 e. The Kier molecular flexibility index (Phi) is 1.98. The van der Waals surface area contributed by atoms with Gasteiger partial charge in [0.15, 0.2) is 0 Å². The van der Waals surface area contributed by atoms with E-state index in [1.165, 1.54) is 18.9 Å². The largest absolute Gasteiger partial charge is 0.441 e. The zero-order valence-corrected chi connectivity index (χ0v) is 8.35. The van der Waals surface area contributed by atoms with Crippen LogP contribution in [-0.4, -0.2) is 41.5 Å². The van der Waals surface area contributed by atoms with Crippen LogP contribution in [0.25, 0.3) is 0 Å². The second-order valence-electron chi connectivity index (χ2n) is 4.25. The summed E-state index contributed by atoms with van der Waals surface area (Å²) in [6, 6.07) is 0.461. The molecular weight excluding hydrogens is 194 g/mol. The molecule has 1 aromatic rings. The maximum atomic E-state index is 11.9. The molecule has 2 fully saturated rings. The molecule has 0 aromatic carbocycles. The molecule has 3 rings (SSSR count). The summed E-state index contributed by atoms with van der Waals surface area (Å²) in [6.07, 6.45) is 4.13. The van der Waals surface area contributed by atoms with Gasteiger partial charge in [0, 0.05) is 25.7 Å². The number of hydrogen-bond acceptors (Lipinski definition) is 4. The minimum Gasteiger partial charge on any atom is -0.441 e. The molecule has 3 heterocycles. The summed E-state index contributed by atoms with van der Waals surface area (Å²) in [5.41, 5.74) is 0. The molecule has 0 saturated carbocycles. The highest BCUT2D eigenvalue weighted by molar-refractivity contribution is 5.89. The SMILES string of the molecule is O=C(c1ncco1)N1CC2CNC(C2)C1. The summed E-state index contributed by atoms with van der Waals surface area (Å²) in [6.45, 7) is 2.63. The van der Waals surface area contributed by atoms with Gasteiger partial charge in [0.2, 0.25) is 0 Å². The third kappa shape index (κ3) is 1.52. The average Bonchev–Trinajstić information content (AvgIpc) is 2.87. The molecule has 80 valence electrons. The highest BCUT2D eigenvalue weighted by atomic mass is 16.4. The third-order valence-electron chi connectivity index (χ3n) is 3.13. The molecule has 1 aromatic heterocycles. The first-order valence-electron chi connectivity index (χ1n) is 5.25. The summed E-state index contributed by atoms with van der Waals surface area (Å²) in [5, 5.41) is 3.40. The van der Waals surface area contributed by atoms with Crippen molar-refractivity contribution in [2.75, 3.05) is 19.6 Å². The number of nitrogens with zero attached hydrogens (tertiary/aromatic N) is 2. The number of nitrogens with one attached hydrogen (secondary N) is 1. The van der Waals surface area contributed by atoms with Gasteiger partial charge in [0.05, 0.1) is 6.20 Å². The summed E-state index contributed by atoms with van der Waals surface area (Å²) in [4.78, 5) is 17.6. The molecular formula is C10H13N3O2. The summed E-state index contributed by atoms with van der Waals surface area (Å²) < 4.78 is 5.02. The lowest BCUT2D eigenvalue weighted by atomic mass is 10.00. The fraction of sp³-hybridized carbons (Fsp3) is 0.600. The number of piperidine rings is 1. The Balaban J connectivity index is 1.75. The predicted octanol–water partition coefficient (Wildman–Crippen LogP) is 0.108. The molecule has 2 aliphatic heterocycles. The average molecular weight is 207 g/mol. The molecule has 5 heteroatoms. The quantitative estimate of drug-likeness (QED) is 0.710. The normalized spacial score (nSPS) is 29.5. The zero-order valence-electron chi connectivity index (χ0n) is 8.35. The molecule has 1 amide bonds. The van der Waals surface area contributed by atoms with Crippen LogP contribution < -0.4 is 5.32 Å². The minimum absolute atomic E-state index is 0.0848. The number of likely N-dealkylation sites (tertiary alicyclic amines) is 1. The summed E-state index contributed by atoms with van der Waals surface area (Å²) >= 11 is 0. The van der Waals surface area contributed by atoms with E-state index in [1.54, 1.807) is 0 Å². The maximum absolute atomic E-state index is 11.9. The van der Waals surface area contributed by atoms with Crippen molar-refractivity contribution < 1.29 is 9.21 Å². The van der Waals surface area contributed by atoms with Crippen LogP contribution in [0.5, 0.6) is 0 Å². The van der Waals surface area contributed by atoms with Crippen molar-refractivity contribution in [3.8, 4) is 0 Å². The van der Waals surface area contributed by atoms with Gasteiger partial charge in [-0.25, -0.2) is 4.98 Å². The van der Waals surface area contributed by atoms with Crippen molar-refractivity contribution in [1.82, 2.24) is 15.2 Å². The van der Waals surface area contributed by atoms with Crippen molar-refractivity contribution >= 4 is 5.91 Å². The second kappa shape index (κ2) is 3.34. The van der Waals surface area contributed by atoms with Crippen molar-refractivity contribution in [2.45, 2.75) is 12.5 Å². The van der Waals surface area contributed by atoms with Gasteiger partial charge in [0.1, 0.15) is 6.26 Å². The second-order valence-corrected chi connectivity index (χ2v) is 4.25. The Morgan fingerprint density at radius 3 is 3.27 bits per heavy atom. The fourth-order valence-corrected chi connectivity index (χ4v) is 2.46. The molecule has 2 bridgehead atoms. The highest BCUT2D eigenvalue weighted by Gasteiger charge is 2.35. The Bertz CT molecular complexity index is 351. The summed E-state index contributed by atoms with van der Waals surface area (Å²) in [5.74, 6) is 0.720. The molecule has 15 heavy (non-hydrogen) atoms. The van der Waals surface area contributed by atoms with Crippen molar-refractivity contribution in [3.63, 3.8) is 0 Å². The Labute approximate surface area is 87.5 Å². The Hall–Kier alpha value is -1.36. The van der Waals surface area contributed by atoms with Crippen LogP contribution in [0.4, 0.5) is 0 Å². The van der Waals surface area contributed by atoms with Crippen molar-refractivity contribution in [3.05, 3.63) is 18.4 Å². The van der Waals surface area contributed by atoms with Crippen LogP contribution in [0.1, 0.15) is 17.1 Å². The topological polar surface area (TPSA) is 58.4 Å². The number of oxazole rings is 1. The monoisotopic (exact) mass is 207 g/mol. The van der Waals surface area contributed by atoms with E-state index in [4.69, 9.17) is 4.42 Å². The molecule has 2 atom stereocenters. The van der Waals surface area contributed by atoms with Gasteiger partial charge in [-0.15, -0.1) is 0 Å². The van der Waals surface area contributed by atoms with Gasteiger partial charge in [0.25, 0.3) is 5.89 Å². The predicted molar refractivity (Wildman–Crippen MR) is 52.3 cm³/mol. The van der Waals surface area contributed by atoms with Crippen molar-refractivity contribution in [1.29, 1.82) is 0 Å². The van der Waals surface area contributed by atoms with E-state index < -0.39 is 0 Å². The van der Waals surface area contributed by atoms with Gasteiger partial charge in [-0.3, -0.25) is 4.79 Å². The zero-order chi connectivity index (χ0) is 10.3. The van der Waals surface area contributed by atoms with E-state index in [0.29, 0.717) is 12.0 Å². The minimum atomic E-state index is -0.0848. The van der Waals surface area contributed by atoms with Crippen LogP contribution in [0.3, 0.4) is 0 Å². The summed E-state index contributed by atoms with van der Waals surface area (Å²) in [7, 11) is 0. The van der Waals surface area contributed by atoms with Gasteiger partial charge in [-0.05, 0) is 12.3 Å². The number of carbonyl (C=O) groups is 1. The molecule has 0 radical (unpaired) electrons. The van der Waals surface area contributed by atoms with Gasteiger partial charge in [-0.1, -0.05) is 0 Å². The number of rotatable bonds is 1. The van der Waals surface area contributed by atoms with Gasteiger partial charge in [-0.2, -0.15) is 0 Å². The Morgan fingerprint density at radius 1 is 1.60 bits per heavy atom. The first-order chi connectivity index (χ1) is 7.33. The molecule has 0 spiro atoms. The molecule has 0 aliphatic carbocycles. The molecule has 1 N–H and O–H groups in total. The van der Waals surface area contributed by atoms with Crippen LogP contribution in [0, 0.1) is 5.92 Å². The van der Waals surface area contributed by atoms with E-state index >= 15 is 0 Å². The maximum Gasteiger partial charge on any atom is 0.309 e. The lowest BCUT2D eigenvalue weighted by Crippen LogP contribution is -2.44. The number of fused-ring (bicyclic) bond motifs is 2. The number of hydrogen-bond donors (Lipinski definition) is 1. The van der Waals surface area contributed by atoms with Crippen LogP contribution in [0.15, 0.2) is 16.9 Å². The Morgan fingerprint density at radius 2 is 2.53 bits per heavy atom. The van der Waals surface area contributed by atoms with Crippen molar-refractivity contribution in [2.24, 2.45) is 5.92 Å². The number of carbonyl (C=O) groups excluding carboxylic acids is 1. The van der Waals surface area contributed by atoms with E-state index in [9.17, 15) is 4.79 Å². The first kappa shape index (κ1) is 8.91. The highest BCUT2D eigenvalue weighted by Crippen LogP contribution is 2.23. The van der Waals surface area contributed by atoms with Crippen LogP contribution in [0.2, 0.25) is 0 Å². The van der Waals surface area contributed by atoms with E-state index in [-0.39, 0.29) is 11.8 Å². The lowest BCUT2D eigenvalue weighted by molar-refractivity contribution is 0.0651. The third-order valence-corrected chi connectivity index (χ3v) is 3.13. The molecule has 2 saturated heterocycles. The van der Waals surface area contributed by atoms with E-state index in [1.807, 2.05) is 4.90 Å². The van der Waals surface area contributed by atoms with Crippen LogP contribution >= 0.6 is 0 Å². The van der Waals surface area contributed by atoms with Gasteiger partial charge >= 0.3 is 5.91 Å². The standard InChI is InChI=1S/C10H13N3O2/c14-10(9-11-1-2-15-9)13-5-7-3-8(6-13)12-4-7/h1-2,7-8,12H,3-6H2. The number of amides is 1. The van der Waals surface area contributed by atoms with Gasteiger partial charge < -0.3 is 14.6 Å². The lowest BCUT2D eigenvalue weighted by Gasteiger charge is -2.29.